The minimum atomic E-state index is -0.635. The number of hydrogen-bond donors (Lipinski definition) is 0. The van der Waals surface area contributed by atoms with Crippen LogP contribution in [0.3, 0.4) is 0 Å². The standard InChI is InChI=1S/C23H21N3O6/c1-14-10-15(24-8-9-31-13-20(24)27)6-7-19(14)25-11-16(32-23(25)30)12-26-21(28)17-4-2-3-5-18(17)22(26)29/h2-7,10,16H,8-9,11-13H2,1H3/t16-/m1/s1. The van der Waals surface area contributed by atoms with Crippen molar-refractivity contribution in [3.8, 4) is 0 Å². The molecule has 164 valence electrons. The van der Waals surface area contributed by atoms with Crippen LogP contribution in [0, 0.1) is 6.92 Å². The van der Waals surface area contributed by atoms with Gasteiger partial charge in [0.25, 0.3) is 17.7 Å². The molecule has 9 nitrogen and oxygen atoms in total. The van der Waals surface area contributed by atoms with E-state index < -0.39 is 12.2 Å². The number of fused-ring (bicyclic) bond motifs is 1. The van der Waals surface area contributed by atoms with Crippen LogP contribution in [0.4, 0.5) is 16.2 Å². The molecular formula is C23H21N3O6. The first-order valence-electron chi connectivity index (χ1n) is 10.4. The number of benzene rings is 2. The van der Waals surface area contributed by atoms with E-state index in [0.29, 0.717) is 30.0 Å². The lowest BCUT2D eigenvalue weighted by Crippen LogP contribution is -2.41. The highest BCUT2D eigenvalue weighted by Gasteiger charge is 2.41. The Morgan fingerprint density at radius 1 is 0.969 bits per heavy atom. The van der Waals surface area contributed by atoms with Crippen molar-refractivity contribution in [3.05, 3.63) is 59.2 Å². The van der Waals surface area contributed by atoms with E-state index in [-0.39, 0.29) is 37.4 Å². The summed E-state index contributed by atoms with van der Waals surface area (Å²) < 4.78 is 10.6. The van der Waals surface area contributed by atoms with E-state index in [1.807, 2.05) is 13.0 Å². The van der Waals surface area contributed by atoms with Crippen molar-refractivity contribution in [2.45, 2.75) is 13.0 Å². The quantitative estimate of drug-likeness (QED) is 0.682. The maximum Gasteiger partial charge on any atom is 0.414 e. The van der Waals surface area contributed by atoms with Crippen molar-refractivity contribution >= 4 is 35.2 Å². The largest absolute Gasteiger partial charge is 0.442 e. The molecule has 1 atom stereocenters. The lowest BCUT2D eigenvalue weighted by Gasteiger charge is -2.28. The number of anilines is 2. The summed E-state index contributed by atoms with van der Waals surface area (Å²) in [5.41, 5.74) is 2.93. The van der Waals surface area contributed by atoms with Gasteiger partial charge in [-0.2, -0.15) is 0 Å². The summed E-state index contributed by atoms with van der Waals surface area (Å²) in [7, 11) is 0. The third kappa shape index (κ3) is 3.31. The predicted molar refractivity (Wildman–Crippen MR) is 114 cm³/mol. The molecule has 0 unspecified atom stereocenters. The Morgan fingerprint density at radius 3 is 2.34 bits per heavy atom. The molecule has 0 aromatic heterocycles. The zero-order chi connectivity index (χ0) is 22.4. The Labute approximate surface area is 184 Å². The predicted octanol–water partition coefficient (Wildman–Crippen LogP) is 1.98. The molecule has 3 heterocycles. The first-order chi connectivity index (χ1) is 15.4. The van der Waals surface area contributed by atoms with Gasteiger partial charge in [-0.25, -0.2) is 4.79 Å². The molecule has 0 aliphatic carbocycles. The van der Waals surface area contributed by atoms with Gasteiger partial charge in [0.2, 0.25) is 0 Å². The minimum Gasteiger partial charge on any atom is -0.442 e. The van der Waals surface area contributed by atoms with Crippen LogP contribution in [0.25, 0.3) is 0 Å². The Hall–Kier alpha value is -3.72. The lowest BCUT2D eigenvalue weighted by molar-refractivity contribution is -0.125. The summed E-state index contributed by atoms with van der Waals surface area (Å²) >= 11 is 0. The first kappa shape index (κ1) is 20.2. The average molecular weight is 435 g/mol. The molecular weight excluding hydrogens is 414 g/mol. The molecule has 2 aromatic rings. The molecule has 3 aliphatic rings. The molecule has 0 spiro atoms. The summed E-state index contributed by atoms with van der Waals surface area (Å²) in [4.78, 5) is 54.2. The molecule has 2 saturated heterocycles. The second-order valence-electron chi connectivity index (χ2n) is 7.95. The van der Waals surface area contributed by atoms with E-state index >= 15 is 0 Å². The van der Waals surface area contributed by atoms with Gasteiger partial charge < -0.3 is 14.4 Å². The number of rotatable bonds is 4. The van der Waals surface area contributed by atoms with Crippen molar-refractivity contribution in [2.75, 3.05) is 42.6 Å². The topological polar surface area (TPSA) is 96.5 Å². The molecule has 4 amide bonds. The number of morpholine rings is 1. The van der Waals surface area contributed by atoms with Gasteiger partial charge in [0.15, 0.2) is 0 Å². The Kier molecular flexibility index (Phi) is 4.90. The molecule has 0 radical (unpaired) electrons. The van der Waals surface area contributed by atoms with Crippen molar-refractivity contribution in [3.63, 3.8) is 0 Å². The molecule has 0 N–H and O–H groups in total. The molecule has 3 aliphatic heterocycles. The minimum absolute atomic E-state index is 0.00595. The number of ether oxygens (including phenoxy) is 2. The van der Waals surface area contributed by atoms with E-state index in [4.69, 9.17) is 9.47 Å². The number of carbonyl (C=O) groups excluding carboxylic acids is 4. The monoisotopic (exact) mass is 435 g/mol. The normalized spacial score (nSPS) is 20.8. The smallest absolute Gasteiger partial charge is 0.414 e. The highest BCUT2D eigenvalue weighted by atomic mass is 16.6. The summed E-state index contributed by atoms with van der Waals surface area (Å²) in [6.45, 7) is 3.07. The highest BCUT2D eigenvalue weighted by Crippen LogP contribution is 2.31. The molecule has 32 heavy (non-hydrogen) atoms. The summed E-state index contributed by atoms with van der Waals surface area (Å²) in [5.74, 6) is -0.864. The van der Waals surface area contributed by atoms with E-state index in [9.17, 15) is 19.2 Å². The fraction of sp³-hybridized carbons (Fsp3) is 0.304. The average Bonchev–Trinajstić information content (AvgIpc) is 3.27. The summed E-state index contributed by atoms with van der Waals surface area (Å²) in [5, 5.41) is 0. The van der Waals surface area contributed by atoms with Gasteiger partial charge in [-0.05, 0) is 42.8 Å². The number of nitrogens with zero attached hydrogens (tertiary/aromatic N) is 3. The van der Waals surface area contributed by atoms with Crippen molar-refractivity contribution in [2.24, 2.45) is 0 Å². The van der Waals surface area contributed by atoms with Crippen molar-refractivity contribution in [1.29, 1.82) is 0 Å². The van der Waals surface area contributed by atoms with Gasteiger partial charge in [0, 0.05) is 12.2 Å². The van der Waals surface area contributed by atoms with Crippen LogP contribution in [0.15, 0.2) is 42.5 Å². The van der Waals surface area contributed by atoms with E-state index in [1.165, 1.54) is 4.90 Å². The molecule has 5 rings (SSSR count). The zero-order valence-corrected chi connectivity index (χ0v) is 17.4. The van der Waals surface area contributed by atoms with Crippen molar-refractivity contribution < 1.29 is 28.7 Å². The number of aryl methyl sites for hydroxylation is 1. The Balaban J connectivity index is 1.31. The van der Waals surface area contributed by atoms with E-state index in [1.54, 1.807) is 41.3 Å². The number of imide groups is 1. The van der Waals surface area contributed by atoms with Crippen LogP contribution in [-0.4, -0.2) is 67.7 Å². The first-order valence-corrected chi connectivity index (χ1v) is 10.4. The van der Waals surface area contributed by atoms with Crippen LogP contribution in [-0.2, 0) is 14.3 Å². The highest BCUT2D eigenvalue weighted by molar-refractivity contribution is 6.21. The van der Waals surface area contributed by atoms with E-state index in [2.05, 4.69) is 0 Å². The Bertz CT molecular complexity index is 1110. The number of hydrogen-bond acceptors (Lipinski definition) is 6. The molecule has 2 aromatic carbocycles. The summed E-state index contributed by atoms with van der Waals surface area (Å²) in [6.07, 6.45) is -1.17. The van der Waals surface area contributed by atoms with Gasteiger partial charge in [-0.3, -0.25) is 24.2 Å². The summed E-state index contributed by atoms with van der Waals surface area (Å²) in [6, 6.07) is 12.1. The molecule has 0 bridgehead atoms. The zero-order valence-electron chi connectivity index (χ0n) is 17.4. The van der Waals surface area contributed by atoms with Crippen LogP contribution in [0.1, 0.15) is 26.3 Å². The molecule has 2 fully saturated rings. The van der Waals surface area contributed by atoms with Crippen LogP contribution in [0.5, 0.6) is 0 Å². The van der Waals surface area contributed by atoms with Gasteiger partial charge in [-0.1, -0.05) is 12.1 Å². The SMILES string of the molecule is Cc1cc(N2CCOCC2=O)ccc1N1C[C@H](CN2C(=O)c3ccccc3C2=O)OC1=O. The number of cyclic esters (lactones) is 1. The third-order valence-electron chi connectivity index (χ3n) is 5.91. The molecule has 0 saturated carbocycles. The third-order valence-corrected chi connectivity index (χ3v) is 5.91. The second kappa shape index (κ2) is 7.76. The second-order valence-corrected chi connectivity index (χ2v) is 7.95. The maximum absolute atomic E-state index is 12.6. The number of carbonyl (C=O) groups is 4. The maximum atomic E-state index is 12.6. The van der Waals surface area contributed by atoms with Gasteiger partial charge in [0.1, 0.15) is 12.7 Å². The van der Waals surface area contributed by atoms with Crippen molar-refractivity contribution in [1.82, 2.24) is 4.90 Å². The number of amides is 4. The lowest BCUT2D eigenvalue weighted by atomic mass is 10.1. The van der Waals surface area contributed by atoms with Crippen LogP contribution < -0.4 is 9.80 Å². The van der Waals surface area contributed by atoms with Crippen LogP contribution in [0.2, 0.25) is 0 Å². The van der Waals surface area contributed by atoms with E-state index in [0.717, 1.165) is 16.2 Å². The Morgan fingerprint density at radius 2 is 1.69 bits per heavy atom. The van der Waals surface area contributed by atoms with Gasteiger partial charge in [0.05, 0.1) is 36.5 Å². The fourth-order valence-corrected chi connectivity index (χ4v) is 4.32. The van der Waals surface area contributed by atoms with Crippen LogP contribution >= 0.6 is 0 Å². The van der Waals surface area contributed by atoms with Gasteiger partial charge in [-0.15, -0.1) is 0 Å². The van der Waals surface area contributed by atoms with Gasteiger partial charge >= 0.3 is 6.09 Å². The fourth-order valence-electron chi connectivity index (χ4n) is 4.32. The molecule has 9 heteroatoms.